The predicted molar refractivity (Wildman–Crippen MR) is 175 cm³/mol. The summed E-state index contributed by atoms with van der Waals surface area (Å²) in [5, 5.41) is 14.6. The third kappa shape index (κ3) is 8.96. The van der Waals surface area contributed by atoms with Crippen LogP contribution in [0.3, 0.4) is 0 Å². The van der Waals surface area contributed by atoms with Crippen molar-refractivity contribution in [1.29, 1.82) is 0 Å². The Hall–Kier alpha value is -1.26. The summed E-state index contributed by atoms with van der Waals surface area (Å²) in [4.78, 5) is 27.4. The van der Waals surface area contributed by atoms with Gasteiger partial charge in [0.05, 0.1) is 24.8 Å². The summed E-state index contributed by atoms with van der Waals surface area (Å²) in [6.07, 6.45) is 18.5. The first-order valence-corrected chi connectivity index (χ1v) is 18.6. The quantitative estimate of drug-likeness (QED) is 0.227. The normalized spacial score (nSPS) is 41.2. The van der Waals surface area contributed by atoms with E-state index >= 15 is 0 Å². The molecule has 5 rings (SSSR count). The predicted octanol–water partition coefficient (Wildman–Crippen LogP) is 6.42. The average molecular weight is 611 g/mol. The van der Waals surface area contributed by atoms with E-state index in [1.165, 1.54) is 70.6 Å². The van der Waals surface area contributed by atoms with Crippen molar-refractivity contribution in [2.24, 2.45) is 59.0 Å². The molecule has 6 heteroatoms. The van der Waals surface area contributed by atoms with Gasteiger partial charge in [0.2, 0.25) is 0 Å². The summed E-state index contributed by atoms with van der Waals surface area (Å²) in [6, 6.07) is 0. The highest BCUT2D eigenvalue weighted by molar-refractivity contribution is 6.00. The Morgan fingerprint density at radius 2 is 1.73 bits per heavy atom. The lowest BCUT2D eigenvalue weighted by molar-refractivity contribution is -0.130. The van der Waals surface area contributed by atoms with Gasteiger partial charge in [-0.3, -0.25) is 9.59 Å². The van der Waals surface area contributed by atoms with Gasteiger partial charge < -0.3 is 20.9 Å². The number of carbonyl (C=O) groups excluding carboxylic acids is 2. The van der Waals surface area contributed by atoms with Gasteiger partial charge in [0.1, 0.15) is 11.6 Å². The number of ketones is 2. The zero-order valence-electron chi connectivity index (χ0n) is 27.8. The van der Waals surface area contributed by atoms with E-state index in [2.05, 4.69) is 24.1 Å². The molecule has 248 valence electrons. The molecule has 0 amide bonds. The van der Waals surface area contributed by atoms with Crippen LogP contribution in [0.2, 0.25) is 0 Å². The molecule has 4 fully saturated rings. The lowest BCUT2D eigenvalue weighted by Crippen LogP contribution is -2.45. The minimum atomic E-state index is -0.481. The molecular formula is C38H62N2O4. The maximum atomic E-state index is 14.0. The number of nitrogens with one attached hydrogen (secondary N) is 1. The molecule has 0 aromatic heterocycles. The zero-order valence-corrected chi connectivity index (χ0v) is 27.8. The number of nitrogens with two attached hydrogens (primary N) is 1. The van der Waals surface area contributed by atoms with E-state index < -0.39 is 6.10 Å². The van der Waals surface area contributed by atoms with Crippen LogP contribution in [-0.2, 0) is 14.3 Å². The van der Waals surface area contributed by atoms with Crippen molar-refractivity contribution in [3.8, 4) is 11.8 Å². The molecule has 4 N–H and O–H groups in total. The molecule has 1 aliphatic heterocycles. The highest BCUT2D eigenvalue weighted by Crippen LogP contribution is 2.46. The van der Waals surface area contributed by atoms with Gasteiger partial charge in [-0.25, -0.2) is 0 Å². The van der Waals surface area contributed by atoms with Gasteiger partial charge in [0.25, 0.3) is 0 Å². The number of Topliss-reactive ketones (excluding diaryl/α,β-unsaturated/α-hetero) is 2. The molecule has 0 spiro atoms. The van der Waals surface area contributed by atoms with Crippen molar-refractivity contribution in [3.63, 3.8) is 0 Å². The molecule has 44 heavy (non-hydrogen) atoms. The van der Waals surface area contributed by atoms with E-state index in [0.29, 0.717) is 42.4 Å². The smallest absolute Gasteiger partial charge is 0.144 e. The summed E-state index contributed by atoms with van der Waals surface area (Å²) in [5.74, 6) is 11.0. The lowest BCUT2D eigenvalue weighted by atomic mass is 9.63. The number of unbranched alkanes of at least 4 members (excludes halogenated alkanes) is 1. The number of hydrogen-bond acceptors (Lipinski definition) is 6. The topological polar surface area (TPSA) is 102 Å². The van der Waals surface area contributed by atoms with Gasteiger partial charge in [-0.15, -0.1) is 0 Å². The SMILES string of the molecule is CCCCC1CC(CC2CCC(N)NC2)CC2C#CC(C3CCCCC3)C3CC(O)C(OC)CC3CCC(=O)CC(=O)C2C1. The Kier molecular flexibility index (Phi) is 12.8. The number of methoxy groups -OCH3 is 1. The van der Waals surface area contributed by atoms with Crippen molar-refractivity contribution in [2.75, 3.05) is 13.7 Å². The van der Waals surface area contributed by atoms with Gasteiger partial charge >= 0.3 is 0 Å². The van der Waals surface area contributed by atoms with Crippen molar-refractivity contribution in [2.45, 2.75) is 147 Å². The molecule has 0 bridgehead atoms. The standard InChI is InChI=1S/C38H62N2O4/c1-3-4-8-25-17-27(18-26-11-16-38(39)40-24-26)19-29-13-15-32(28-9-6-5-7-10-28)33-23-36(43)37(44-2)21-30(33)12-14-31(41)22-35(42)34(29)20-25/h25-30,32-34,36-38,40,43H,3-12,14,16-24,39H2,1-2H3. The Balaban J connectivity index is 1.48. The molecule has 6 nitrogen and oxygen atoms in total. The molecule has 5 aliphatic rings. The number of rotatable bonds is 7. The summed E-state index contributed by atoms with van der Waals surface area (Å²) < 4.78 is 5.72. The monoisotopic (exact) mass is 610 g/mol. The van der Waals surface area contributed by atoms with Crippen molar-refractivity contribution in [3.05, 3.63) is 0 Å². The number of carbonyl (C=O) groups is 2. The first kappa shape index (κ1) is 34.1. The van der Waals surface area contributed by atoms with Crippen LogP contribution in [-0.4, -0.2) is 48.7 Å². The van der Waals surface area contributed by atoms with Crippen LogP contribution in [0, 0.1) is 65.1 Å². The van der Waals surface area contributed by atoms with Gasteiger partial charge in [0, 0.05) is 31.3 Å². The van der Waals surface area contributed by atoms with Crippen LogP contribution in [0.5, 0.6) is 0 Å². The maximum Gasteiger partial charge on any atom is 0.144 e. The number of piperidine rings is 1. The highest BCUT2D eigenvalue weighted by atomic mass is 16.5. The van der Waals surface area contributed by atoms with Crippen LogP contribution in [0.1, 0.15) is 129 Å². The summed E-state index contributed by atoms with van der Waals surface area (Å²) in [7, 11) is 1.69. The lowest BCUT2D eigenvalue weighted by Gasteiger charge is -2.44. The molecule has 11 atom stereocenters. The average Bonchev–Trinajstić information content (AvgIpc) is 3.19. The first-order valence-electron chi connectivity index (χ1n) is 18.6. The van der Waals surface area contributed by atoms with Crippen LogP contribution in [0.25, 0.3) is 0 Å². The summed E-state index contributed by atoms with van der Waals surface area (Å²) >= 11 is 0. The molecular weight excluding hydrogens is 548 g/mol. The second kappa shape index (κ2) is 16.5. The maximum absolute atomic E-state index is 14.0. The van der Waals surface area contributed by atoms with Crippen LogP contribution in [0.4, 0.5) is 0 Å². The largest absolute Gasteiger partial charge is 0.390 e. The van der Waals surface area contributed by atoms with Crippen molar-refractivity contribution in [1.82, 2.24) is 5.32 Å². The minimum Gasteiger partial charge on any atom is -0.390 e. The molecule has 0 aromatic carbocycles. The third-order valence-electron chi connectivity index (χ3n) is 12.5. The number of aliphatic hydroxyl groups is 1. The van der Waals surface area contributed by atoms with E-state index in [4.69, 9.17) is 10.5 Å². The summed E-state index contributed by atoms with van der Waals surface area (Å²) in [5.41, 5.74) is 6.16. The Bertz CT molecular complexity index is 991. The van der Waals surface area contributed by atoms with E-state index in [-0.39, 0.29) is 53.9 Å². The van der Waals surface area contributed by atoms with E-state index in [1.54, 1.807) is 7.11 Å². The number of aliphatic hydroxyl groups excluding tert-OH is 1. The molecule has 3 saturated carbocycles. The van der Waals surface area contributed by atoms with E-state index in [9.17, 15) is 14.7 Å². The summed E-state index contributed by atoms with van der Waals surface area (Å²) in [6.45, 7) is 3.25. The molecule has 1 heterocycles. The molecule has 0 aromatic rings. The van der Waals surface area contributed by atoms with Crippen LogP contribution >= 0.6 is 0 Å². The zero-order chi connectivity index (χ0) is 31.1. The van der Waals surface area contributed by atoms with E-state index in [1.807, 2.05) is 0 Å². The minimum absolute atomic E-state index is 0.0231. The first-order chi connectivity index (χ1) is 21.3. The Morgan fingerprint density at radius 3 is 2.45 bits per heavy atom. The van der Waals surface area contributed by atoms with Crippen molar-refractivity contribution >= 4 is 11.6 Å². The van der Waals surface area contributed by atoms with Gasteiger partial charge in [-0.1, -0.05) is 57.3 Å². The molecule has 1 saturated heterocycles. The fourth-order valence-electron chi connectivity index (χ4n) is 10.1. The Labute approximate surface area is 267 Å². The third-order valence-corrected chi connectivity index (χ3v) is 12.5. The second-order valence-corrected chi connectivity index (χ2v) is 15.7. The number of hydrogen-bond donors (Lipinski definition) is 3. The Morgan fingerprint density at radius 1 is 0.909 bits per heavy atom. The van der Waals surface area contributed by atoms with Crippen molar-refractivity contribution < 1.29 is 19.4 Å². The second-order valence-electron chi connectivity index (χ2n) is 15.7. The number of ether oxygens (including phenoxy) is 1. The van der Waals surface area contributed by atoms with Gasteiger partial charge in [-0.05, 0) is 113 Å². The van der Waals surface area contributed by atoms with Crippen LogP contribution in [0.15, 0.2) is 0 Å². The fraction of sp³-hybridized carbons (Fsp3) is 0.895. The highest BCUT2D eigenvalue weighted by Gasteiger charge is 2.43. The van der Waals surface area contributed by atoms with Crippen LogP contribution < -0.4 is 11.1 Å². The molecule has 4 aliphatic carbocycles. The molecule has 0 radical (unpaired) electrons. The van der Waals surface area contributed by atoms with Gasteiger partial charge in [-0.2, -0.15) is 0 Å². The fourth-order valence-corrected chi connectivity index (χ4v) is 10.1. The molecule has 11 unspecified atom stereocenters. The van der Waals surface area contributed by atoms with E-state index in [0.717, 1.165) is 38.6 Å². The van der Waals surface area contributed by atoms with Gasteiger partial charge in [0.15, 0.2) is 0 Å². The number of fused-ring (bicyclic) bond motifs is 2.